The summed E-state index contributed by atoms with van der Waals surface area (Å²) in [4.78, 5) is 33.5. The third-order valence-corrected chi connectivity index (χ3v) is 11.9. The minimum atomic E-state index is -2.21. The van der Waals surface area contributed by atoms with Crippen LogP contribution in [0.3, 0.4) is 0 Å². The number of amides is 1. The first kappa shape index (κ1) is 29.8. The minimum Gasteiger partial charge on any atom is -0.390 e. The van der Waals surface area contributed by atoms with Gasteiger partial charge in [-0.2, -0.15) is 5.06 Å². The molecule has 2 N–H and O–H groups in total. The summed E-state index contributed by atoms with van der Waals surface area (Å²) in [6.07, 6.45) is 1.25. The number of carbonyl (C=O) groups excluding carboxylic acids is 2. The Morgan fingerprint density at radius 1 is 1.11 bits per heavy atom. The molecule has 1 heterocycles. The second-order valence-electron chi connectivity index (χ2n) is 13.8. The van der Waals surface area contributed by atoms with Gasteiger partial charge in [-0.3, -0.25) is 14.4 Å². The molecule has 232 valence electrons. The van der Waals surface area contributed by atoms with Crippen molar-refractivity contribution in [2.45, 2.75) is 70.0 Å². The number of alkyl halides is 1. The number of halogens is 3. The van der Waals surface area contributed by atoms with Crippen molar-refractivity contribution in [3.63, 3.8) is 0 Å². The van der Waals surface area contributed by atoms with Crippen LogP contribution in [0.4, 0.5) is 8.78 Å². The molecule has 0 bridgehead atoms. The van der Waals surface area contributed by atoms with Crippen molar-refractivity contribution in [2.75, 3.05) is 6.54 Å². The lowest BCUT2D eigenvalue weighted by molar-refractivity contribution is -0.267. The van der Waals surface area contributed by atoms with Gasteiger partial charge in [-0.05, 0) is 60.6 Å². The maximum absolute atomic E-state index is 17.7. The van der Waals surface area contributed by atoms with Gasteiger partial charge in [-0.25, -0.2) is 8.78 Å². The highest BCUT2D eigenvalue weighted by molar-refractivity contribution is 6.30. The van der Waals surface area contributed by atoms with E-state index in [2.05, 4.69) is 5.32 Å². The zero-order valence-electron chi connectivity index (χ0n) is 24.9. The van der Waals surface area contributed by atoms with E-state index in [-0.39, 0.29) is 49.0 Å². The Bertz CT molecular complexity index is 1570. The Morgan fingerprint density at radius 2 is 1.84 bits per heavy atom. The molecule has 2 aromatic carbocycles. The predicted octanol–water partition coefficient (Wildman–Crippen LogP) is 6.04. The number of allylic oxidation sites excluding steroid dienone is 4. The summed E-state index contributed by atoms with van der Waals surface area (Å²) in [5.41, 5.74) is -4.06. The van der Waals surface area contributed by atoms with Crippen LogP contribution in [0.2, 0.25) is 5.02 Å². The van der Waals surface area contributed by atoms with Crippen molar-refractivity contribution in [1.82, 2.24) is 10.4 Å². The zero-order chi connectivity index (χ0) is 31.1. The summed E-state index contributed by atoms with van der Waals surface area (Å²) < 4.78 is 33.6. The topological polar surface area (TPSA) is 78.9 Å². The Balaban J connectivity index is 1.27. The number of aliphatic hydroxyl groups is 1. The number of hydrogen-bond donors (Lipinski definition) is 2. The molecule has 1 saturated heterocycles. The molecule has 4 aliphatic carbocycles. The normalized spacial score (nSPS) is 39.5. The van der Waals surface area contributed by atoms with E-state index in [4.69, 9.17) is 16.4 Å². The van der Waals surface area contributed by atoms with Crippen molar-refractivity contribution in [3.8, 4) is 0 Å². The van der Waals surface area contributed by atoms with Gasteiger partial charge in [0, 0.05) is 60.2 Å². The van der Waals surface area contributed by atoms with Crippen LogP contribution in [-0.4, -0.2) is 45.8 Å². The lowest BCUT2D eigenvalue weighted by Gasteiger charge is -2.62. The molecule has 1 aliphatic heterocycles. The highest BCUT2D eigenvalue weighted by Crippen LogP contribution is 2.72. The Labute approximate surface area is 261 Å². The number of nitrogens with one attached hydrogen (secondary N) is 1. The SMILES string of the molecule is C[C@]12C=CC(=O)CC1=C(F)C[C@H]1[C@@H]3C[C@H]4CN(Cc5ccc(Cl)cc5)O[C@@]4(C(=O)NCc4ccccc4)[C@@]3(C)C[C@H](O)[C@@]12F. The Kier molecular flexibility index (Phi) is 6.98. The van der Waals surface area contributed by atoms with Crippen molar-refractivity contribution >= 4 is 23.3 Å². The highest BCUT2D eigenvalue weighted by Gasteiger charge is 2.79. The summed E-state index contributed by atoms with van der Waals surface area (Å²) >= 11 is 6.10. The molecule has 6 nitrogen and oxygen atoms in total. The van der Waals surface area contributed by atoms with Crippen LogP contribution >= 0.6 is 11.6 Å². The van der Waals surface area contributed by atoms with Gasteiger partial charge in [0.2, 0.25) is 0 Å². The number of aliphatic hydroxyl groups excluding tert-OH is 1. The van der Waals surface area contributed by atoms with Gasteiger partial charge < -0.3 is 10.4 Å². The first-order valence-electron chi connectivity index (χ1n) is 15.4. The Morgan fingerprint density at radius 3 is 2.57 bits per heavy atom. The molecule has 0 radical (unpaired) electrons. The number of benzene rings is 2. The van der Waals surface area contributed by atoms with Crippen molar-refractivity contribution in [1.29, 1.82) is 0 Å². The van der Waals surface area contributed by atoms with Crippen LogP contribution < -0.4 is 5.32 Å². The molecule has 7 rings (SSSR count). The van der Waals surface area contributed by atoms with Gasteiger partial charge in [0.25, 0.3) is 5.91 Å². The fourth-order valence-electron chi connectivity index (χ4n) is 9.48. The maximum Gasteiger partial charge on any atom is 0.255 e. The summed E-state index contributed by atoms with van der Waals surface area (Å²) in [5, 5.41) is 17.3. The monoisotopic (exact) mass is 622 g/mol. The van der Waals surface area contributed by atoms with E-state index in [1.165, 1.54) is 12.2 Å². The summed E-state index contributed by atoms with van der Waals surface area (Å²) in [5.74, 6) is -2.74. The number of carbonyl (C=O) groups is 2. The van der Waals surface area contributed by atoms with Crippen LogP contribution in [-0.2, 0) is 27.5 Å². The van der Waals surface area contributed by atoms with E-state index in [9.17, 15) is 14.7 Å². The van der Waals surface area contributed by atoms with E-state index < -0.39 is 45.9 Å². The van der Waals surface area contributed by atoms with Gasteiger partial charge >= 0.3 is 0 Å². The first-order chi connectivity index (χ1) is 20.9. The number of ketones is 1. The average Bonchev–Trinajstić information content (AvgIpc) is 3.48. The maximum atomic E-state index is 17.7. The van der Waals surface area contributed by atoms with E-state index in [1.54, 1.807) is 24.1 Å². The zero-order valence-corrected chi connectivity index (χ0v) is 25.6. The molecule has 5 aliphatic rings. The van der Waals surface area contributed by atoms with Crippen LogP contribution in [0, 0.1) is 28.6 Å². The van der Waals surface area contributed by atoms with Crippen LogP contribution in [0.25, 0.3) is 0 Å². The summed E-state index contributed by atoms with van der Waals surface area (Å²) in [7, 11) is 0. The molecular weight excluding hydrogens is 586 g/mol. The third kappa shape index (κ3) is 4.07. The Hall–Kier alpha value is -2.91. The second-order valence-corrected chi connectivity index (χ2v) is 14.2. The molecule has 8 atom stereocenters. The van der Waals surface area contributed by atoms with Gasteiger partial charge in [-0.1, -0.05) is 67.1 Å². The van der Waals surface area contributed by atoms with Crippen molar-refractivity contribution in [2.24, 2.45) is 28.6 Å². The number of rotatable bonds is 5. The summed E-state index contributed by atoms with van der Waals surface area (Å²) in [6, 6.07) is 17.0. The highest BCUT2D eigenvalue weighted by atomic mass is 35.5. The molecule has 0 spiro atoms. The molecule has 1 amide bonds. The number of nitrogens with zero attached hydrogens (tertiary/aromatic N) is 1. The van der Waals surface area contributed by atoms with Gasteiger partial charge in [0.15, 0.2) is 17.1 Å². The lowest BCUT2D eigenvalue weighted by atomic mass is 9.45. The van der Waals surface area contributed by atoms with E-state index >= 15 is 8.78 Å². The van der Waals surface area contributed by atoms with E-state index in [0.717, 1.165) is 11.1 Å². The van der Waals surface area contributed by atoms with Crippen LogP contribution in [0.5, 0.6) is 0 Å². The van der Waals surface area contributed by atoms with Gasteiger partial charge in [0.1, 0.15) is 5.83 Å². The first-order valence-corrected chi connectivity index (χ1v) is 15.8. The smallest absolute Gasteiger partial charge is 0.255 e. The molecular formula is C35H37ClF2N2O4. The van der Waals surface area contributed by atoms with Gasteiger partial charge in [-0.15, -0.1) is 0 Å². The lowest BCUT2D eigenvalue weighted by Crippen LogP contribution is -2.70. The van der Waals surface area contributed by atoms with Crippen molar-refractivity contribution < 1.29 is 28.3 Å². The minimum absolute atomic E-state index is 0.0407. The molecule has 3 fully saturated rings. The predicted molar refractivity (Wildman–Crippen MR) is 161 cm³/mol. The number of hydroxylamine groups is 2. The van der Waals surface area contributed by atoms with Crippen LogP contribution in [0.1, 0.15) is 50.7 Å². The molecule has 9 heteroatoms. The molecule has 0 aromatic heterocycles. The number of hydrogen-bond acceptors (Lipinski definition) is 5. The van der Waals surface area contributed by atoms with Gasteiger partial charge in [0.05, 0.1) is 6.10 Å². The molecule has 2 aromatic rings. The largest absolute Gasteiger partial charge is 0.390 e. The molecule has 0 unspecified atom stereocenters. The van der Waals surface area contributed by atoms with Crippen molar-refractivity contribution in [3.05, 3.63) is 94.3 Å². The second kappa shape index (κ2) is 10.3. The molecule has 2 saturated carbocycles. The average molecular weight is 623 g/mol. The quantitative estimate of drug-likeness (QED) is 0.425. The van der Waals surface area contributed by atoms with Crippen LogP contribution in [0.15, 0.2) is 78.1 Å². The van der Waals surface area contributed by atoms with E-state index in [0.29, 0.717) is 24.5 Å². The fraction of sp³-hybridized carbons (Fsp3) is 0.486. The molecule has 44 heavy (non-hydrogen) atoms. The number of fused-ring (bicyclic) bond motifs is 7. The van der Waals surface area contributed by atoms with E-state index in [1.807, 2.05) is 49.4 Å². The fourth-order valence-corrected chi connectivity index (χ4v) is 9.61. The third-order valence-electron chi connectivity index (χ3n) is 11.6. The summed E-state index contributed by atoms with van der Waals surface area (Å²) in [6.45, 7) is 4.63. The standard InChI is InChI=1S/C35H37ClF2N2O4/c1-32-13-12-25(41)15-28(32)29(37)16-27-26-14-23-20-40(19-22-8-10-24(36)11-9-22)44-35(23,33(26,2)17-30(42)34(27,32)38)31(43)39-18-21-6-4-3-5-7-21/h3-13,23,26-27,30,42H,14-20H2,1-2H3,(H,39,43)/t23-,26-,27-,30-,32-,33-,34-,35-/m0/s1.